The number of phosphoric ester groups is 1. The molecule has 2 N–H and O–H groups in total. The van der Waals surface area contributed by atoms with Gasteiger partial charge in [0, 0.05) is 0 Å². The lowest BCUT2D eigenvalue weighted by molar-refractivity contribution is 0.0322. The van der Waals surface area contributed by atoms with E-state index in [2.05, 4.69) is 27.7 Å². The Morgan fingerprint density at radius 2 is 1.35 bits per heavy atom. The molecule has 0 aromatic heterocycles. The first-order valence-electron chi connectivity index (χ1n) is 8.04. The van der Waals surface area contributed by atoms with Crippen LogP contribution in [0.1, 0.15) is 73.1 Å². The minimum atomic E-state index is -4.41. The Labute approximate surface area is 124 Å². The maximum Gasteiger partial charge on any atom is 0.469 e. The average molecular weight is 308 g/mol. The normalized spacial score (nSPS) is 18.6. The average Bonchev–Trinajstić information content (AvgIpc) is 2.34. The molecule has 0 saturated carbocycles. The molecule has 0 fully saturated rings. The standard InChI is InChI=1S/C15H33O4P/c1-6-10-13(8-3)15(14(9-4)11-7-2)12(5)19-20(16,17)18/h12-15H,6-11H2,1-5H3,(H2,16,17,18). The Hall–Kier alpha value is 0.110. The van der Waals surface area contributed by atoms with Crippen LogP contribution >= 0.6 is 7.82 Å². The van der Waals surface area contributed by atoms with Gasteiger partial charge in [-0.05, 0) is 24.7 Å². The third kappa shape index (κ3) is 7.21. The maximum atomic E-state index is 11.2. The molecule has 0 aromatic carbocycles. The Kier molecular flexibility index (Phi) is 10.00. The summed E-state index contributed by atoms with van der Waals surface area (Å²) in [5, 5.41) is 0. The van der Waals surface area contributed by atoms with Crippen molar-refractivity contribution < 1.29 is 18.9 Å². The van der Waals surface area contributed by atoms with Crippen molar-refractivity contribution in [2.75, 3.05) is 0 Å². The van der Waals surface area contributed by atoms with E-state index in [0.717, 1.165) is 38.5 Å². The largest absolute Gasteiger partial charge is 0.469 e. The van der Waals surface area contributed by atoms with E-state index >= 15 is 0 Å². The number of hydrogen-bond donors (Lipinski definition) is 2. The monoisotopic (exact) mass is 308 g/mol. The fourth-order valence-electron chi connectivity index (χ4n) is 3.52. The molecule has 0 aromatic rings. The molecule has 0 spiro atoms. The highest BCUT2D eigenvalue weighted by Gasteiger charge is 2.35. The predicted octanol–water partition coefficient (Wildman–Crippen LogP) is 4.75. The van der Waals surface area contributed by atoms with Gasteiger partial charge in [0.15, 0.2) is 0 Å². The number of hydrogen-bond acceptors (Lipinski definition) is 2. The second kappa shape index (κ2) is 9.94. The summed E-state index contributed by atoms with van der Waals surface area (Å²) in [6.45, 7) is 10.5. The van der Waals surface area contributed by atoms with E-state index in [-0.39, 0.29) is 5.92 Å². The third-order valence-electron chi connectivity index (χ3n) is 4.30. The van der Waals surface area contributed by atoms with Crippen LogP contribution in [-0.4, -0.2) is 15.9 Å². The first kappa shape index (κ1) is 20.1. The van der Waals surface area contributed by atoms with E-state index < -0.39 is 13.9 Å². The van der Waals surface area contributed by atoms with Gasteiger partial charge in [-0.3, -0.25) is 4.52 Å². The van der Waals surface area contributed by atoms with Crippen molar-refractivity contribution in [1.29, 1.82) is 0 Å². The molecule has 4 nitrogen and oxygen atoms in total. The zero-order valence-electron chi connectivity index (χ0n) is 13.7. The summed E-state index contributed by atoms with van der Waals surface area (Å²) in [6.07, 6.45) is 6.05. The number of phosphoric acid groups is 1. The SMILES string of the molecule is CCCC(CC)C(C(CC)CCC)C(C)OP(=O)(O)O. The van der Waals surface area contributed by atoms with Gasteiger partial charge in [0.25, 0.3) is 0 Å². The molecule has 0 aliphatic rings. The van der Waals surface area contributed by atoms with Gasteiger partial charge in [0.05, 0.1) is 6.10 Å². The summed E-state index contributed by atoms with van der Waals surface area (Å²) in [5.41, 5.74) is 0. The summed E-state index contributed by atoms with van der Waals surface area (Å²) in [4.78, 5) is 18.2. The summed E-state index contributed by atoms with van der Waals surface area (Å²) in [7, 11) is -4.41. The summed E-state index contributed by atoms with van der Waals surface area (Å²) in [6, 6.07) is 0. The molecule has 0 rings (SSSR count). The highest BCUT2D eigenvalue weighted by Crippen LogP contribution is 2.44. The van der Waals surface area contributed by atoms with Crippen LogP contribution in [0.5, 0.6) is 0 Å². The van der Waals surface area contributed by atoms with Gasteiger partial charge in [-0.2, -0.15) is 0 Å². The highest BCUT2D eigenvalue weighted by atomic mass is 31.2. The van der Waals surface area contributed by atoms with Crippen molar-refractivity contribution in [3.8, 4) is 0 Å². The van der Waals surface area contributed by atoms with Crippen LogP contribution in [0.4, 0.5) is 0 Å². The minimum absolute atomic E-state index is 0.220. The van der Waals surface area contributed by atoms with Crippen molar-refractivity contribution in [3.63, 3.8) is 0 Å². The van der Waals surface area contributed by atoms with Gasteiger partial charge in [-0.25, -0.2) is 4.57 Å². The van der Waals surface area contributed by atoms with Crippen molar-refractivity contribution in [2.45, 2.75) is 79.2 Å². The first-order chi connectivity index (χ1) is 9.30. The van der Waals surface area contributed by atoms with Crippen LogP contribution in [0.25, 0.3) is 0 Å². The molecule has 3 atom stereocenters. The fraction of sp³-hybridized carbons (Fsp3) is 1.00. The second-order valence-electron chi connectivity index (χ2n) is 5.79. The van der Waals surface area contributed by atoms with Crippen LogP contribution < -0.4 is 0 Å². The van der Waals surface area contributed by atoms with E-state index in [1.54, 1.807) is 0 Å². The van der Waals surface area contributed by atoms with E-state index in [1.165, 1.54) is 0 Å². The summed E-state index contributed by atoms with van der Waals surface area (Å²) >= 11 is 0. The lowest BCUT2D eigenvalue weighted by Crippen LogP contribution is -2.34. The van der Waals surface area contributed by atoms with Gasteiger partial charge in [0.1, 0.15) is 0 Å². The molecule has 0 bridgehead atoms. The van der Waals surface area contributed by atoms with Crippen LogP contribution in [0.3, 0.4) is 0 Å². The summed E-state index contributed by atoms with van der Waals surface area (Å²) < 4.78 is 16.2. The van der Waals surface area contributed by atoms with E-state index in [0.29, 0.717) is 11.8 Å². The van der Waals surface area contributed by atoms with Crippen LogP contribution in [0.15, 0.2) is 0 Å². The molecule has 0 aliphatic heterocycles. The van der Waals surface area contributed by atoms with Gasteiger partial charge in [-0.15, -0.1) is 0 Å². The third-order valence-corrected chi connectivity index (χ3v) is 4.91. The lowest BCUT2D eigenvalue weighted by atomic mass is 9.72. The highest BCUT2D eigenvalue weighted by molar-refractivity contribution is 7.46. The zero-order chi connectivity index (χ0) is 15.8. The Morgan fingerprint density at radius 3 is 1.60 bits per heavy atom. The van der Waals surface area contributed by atoms with Gasteiger partial charge >= 0.3 is 7.82 Å². The smallest absolute Gasteiger partial charge is 0.303 e. The minimum Gasteiger partial charge on any atom is -0.303 e. The predicted molar refractivity (Wildman–Crippen MR) is 83.5 cm³/mol. The van der Waals surface area contributed by atoms with E-state index in [4.69, 9.17) is 14.3 Å². The Balaban J connectivity index is 5.14. The van der Waals surface area contributed by atoms with Crippen molar-refractivity contribution in [1.82, 2.24) is 0 Å². The number of rotatable bonds is 11. The van der Waals surface area contributed by atoms with Gasteiger partial charge in [0.2, 0.25) is 0 Å². The molecule has 0 aliphatic carbocycles. The first-order valence-corrected chi connectivity index (χ1v) is 9.57. The molecular weight excluding hydrogens is 275 g/mol. The molecule has 0 saturated heterocycles. The Bertz CT molecular complexity index is 276. The molecule has 122 valence electrons. The summed E-state index contributed by atoms with van der Waals surface area (Å²) in [5.74, 6) is 1.16. The van der Waals surface area contributed by atoms with Crippen LogP contribution in [-0.2, 0) is 9.09 Å². The van der Waals surface area contributed by atoms with Crippen molar-refractivity contribution >= 4 is 7.82 Å². The molecule has 0 heterocycles. The van der Waals surface area contributed by atoms with Crippen LogP contribution in [0, 0.1) is 17.8 Å². The molecular formula is C15H33O4P. The van der Waals surface area contributed by atoms with Gasteiger partial charge in [-0.1, -0.05) is 66.2 Å². The quantitative estimate of drug-likeness (QED) is 0.540. The topological polar surface area (TPSA) is 66.8 Å². The molecule has 20 heavy (non-hydrogen) atoms. The molecule has 3 unspecified atom stereocenters. The second-order valence-corrected chi connectivity index (χ2v) is 6.98. The molecule has 0 radical (unpaired) electrons. The Morgan fingerprint density at radius 1 is 0.950 bits per heavy atom. The fourth-order valence-corrected chi connectivity index (χ4v) is 4.09. The zero-order valence-corrected chi connectivity index (χ0v) is 14.6. The molecule has 5 heteroatoms. The van der Waals surface area contributed by atoms with Gasteiger partial charge < -0.3 is 9.79 Å². The van der Waals surface area contributed by atoms with E-state index in [1.807, 2.05) is 6.92 Å². The van der Waals surface area contributed by atoms with Crippen molar-refractivity contribution in [2.24, 2.45) is 17.8 Å². The van der Waals surface area contributed by atoms with Crippen LogP contribution in [0.2, 0.25) is 0 Å². The van der Waals surface area contributed by atoms with Crippen molar-refractivity contribution in [3.05, 3.63) is 0 Å². The van der Waals surface area contributed by atoms with E-state index in [9.17, 15) is 4.57 Å². The lowest BCUT2D eigenvalue weighted by Gasteiger charge is -2.37. The molecule has 0 amide bonds. The maximum absolute atomic E-state index is 11.2.